The SMILES string of the molecule is Cc1ccc(-c2nnco2)cc1NC1CCOC(C)(C)C1. The zero-order chi connectivity index (χ0) is 14.9. The van der Waals surface area contributed by atoms with Crippen molar-refractivity contribution in [2.75, 3.05) is 11.9 Å². The molecule has 0 bridgehead atoms. The van der Waals surface area contributed by atoms with Gasteiger partial charge in [-0.25, -0.2) is 0 Å². The second-order valence-electron chi connectivity index (χ2n) is 6.22. The average Bonchev–Trinajstić information content (AvgIpc) is 2.94. The second kappa shape index (κ2) is 5.48. The lowest BCUT2D eigenvalue weighted by atomic mass is 9.93. The quantitative estimate of drug-likeness (QED) is 0.937. The lowest BCUT2D eigenvalue weighted by Crippen LogP contribution is -2.40. The Morgan fingerprint density at radius 2 is 2.19 bits per heavy atom. The molecule has 1 aliphatic rings. The Morgan fingerprint density at radius 1 is 1.33 bits per heavy atom. The first kappa shape index (κ1) is 14.1. The van der Waals surface area contributed by atoms with Crippen molar-refractivity contribution in [3.05, 3.63) is 30.2 Å². The zero-order valence-electron chi connectivity index (χ0n) is 12.7. The van der Waals surface area contributed by atoms with E-state index in [1.165, 1.54) is 12.0 Å². The van der Waals surface area contributed by atoms with E-state index in [0.29, 0.717) is 11.9 Å². The molecule has 5 heteroatoms. The van der Waals surface area contributed by atoms with Crippen LogP contribution in [0.3, 0.4) is 0 Å². The van der Waals surface area contributed by atoms with E-state index in [4.69, 9.17) is 9.15 Å². The second-order valence-corrected chi connectivity index (χ2v) is 6.22. The van der Waals surface area contributed by atoms with Crippen LogP contribution in [-0.4, -0.2) is 28.4 Å². The molecule has 3 rings (SSSR count). The molecule has 5 nitrogen and oxygen atoms in total. The third kappa shape index (κ3) is 3.24. The molecular formula is C16H21N3O2. The lowest BCUT2D eigenvalue weighted by Gasteiger charge is -2.36. The molecule has 0 saturated carbocycles. The summed E-state index contributed by atoms with van der Waals surface area (Å²) in [6.07, 6.45) is 3.37. The van der Waals surface area contributed by atoms with E-state index in [0.717, 1.165) is 30.7 Å². The maximum atomic E-state index is 5.77. The number of aryl methyl sites for hydroxylation is 1. The molecular weight excluding hydrogens is 266 g/mol. The molecule has 1 aromatic carbocycles. The van der Waals surface area contributed by atoms with Gasteiger partial charge in [0, 0.05) is 23.9 Å². The third-order valence-corrected chi connectivity index (χ3v) is 3.90. The highest BCUT2D eigenvalue weighted by Crippen LogP contribution is 2.29. The summed E-state index contributed by atoms with van der Waals surface area (Å²) in [7, 11) is 0. The van der Waals surface area contributed by atoms with Gasteiger partial charge in [-0.05, 0) is 51.3 Å². The van der Waals surface area contributed by atoms with E-state index < -0.39 is 0 Å². The van der Waals surface area contributed by atoms with E-state index in [2.05, 4.69) is 48.4 Å². The molecule has 1 saturated heterocycles. The summed E-state index contributed by atoms with van der Waals surface area (Å²) in [5.41, 5.74) is 3.20. The molecule has 2 heterocycles. The highest BCUT2D eigenvalue weighted by atomic mass is 16.5. The largest absolute Gasteiger partial charge is 0.423 e. The molecule has 1 unspecified atom stereocenters. The topological polar surface area (TPSA) is 60.2 Å². The minimum atomic E-state index is -0.0616. The number of hydrogen-bond donors (Lipinski definition) is 1. The maximum Gasteiger partial charge on any atom is 0.247 e. The van der Waals surface area contributed by atoms with Crippen molar-refractivity contribution < 1.29 is 9.15 Å². The van der Waals surface area contributed by atoms with E-state index in [1.807, 2.05) is 6.07 Å². The van der Waals surface area contributed by atoms with Crippen LogP contribution in [0, 0.1) is 6.92 Å². The van der Waals surface area contributed by atoms with Crippen LogP contribution in [0.2, 0.25) is 0 Å². The summed E-state index contributed by atoms with van der Waals surface area (Å²) in [4.78, 5) is 0. The number of nitrogens with one attached hydrogen (secondary N) is 1. The van der Waals surface area contributed by atoms with Crippen molar-refractivity contribution in [2.45, 2.75) is 45.3 Å². The molecule has 21 heavy (non-hydrogen) atoms. The summed E-state index contributed by atoms with van der Waals surface area (Å²) >= 11 is 0. The number of rotatable bonds is 3. The molecule has 1 fully saturated rings. The highest BCUT2D eigenvalue weighted by Gasteiger charge is 2.28. The highest BCUT2D eigenvalue weighted by molar-refractivity contribution is 5.64. The fraction of sp³-hybridized carbons (Fsp3) is 0.500. The minimum Gasteiger partial charge on any atom is -0.423 e. The fourth-order valence-electron chi connectivity index (χ4n) is 2.78. The summed E-state index contributed by atoms with van der Waals surface area (Å²) in [6, 6.07) is 6.57. The van der Waals surface area contributed by atoms with Crippen molar-refractivity contribution in [1.29, 1.82) is 0 Å². The molecule has 1 N–H and O–H groups in total. The Kier molecular flexibility index (Phi) is 3.68. The van der Waals surface area contributed by atoms with Crippen LogP contribution < -0.4 is 5.32 Å². The summed E-state index contributed by atoms with van der Waals surface area (Å²) in [5, 5.41) is 11.3. The van der Waals surface area contributed by atoms with Gasteiger partial charge in [0.25, 0.3) is 0 Å². The lowest BCUT2D eigenvalue weighted by molar-refractivity contribution is -0.0553. The maximum absolute atomic E-state index is 5.77. The van der Waals surface area contributed by atoms with Crippen molar-refractivity contribution in [3.63, 3.8) is 0 Å². The van der Waals surface area contributed by atoms with Gasteiger partial charge < -0.3 is 14.5 Å². The van der Waals surface area contributed by atoms with Gasteiger partial charge in [0.1, 0.15) is 0 Å². The summed E-state index contributed by atoms with van der Waals surface area (Å²) in [6.45, 7) is 7.18. The number of nitrogens with zero attached hydrogens (tertiary/aromatic N) is 2. The first-order valence-corrected chi connectivity index (χ1v) is 7.31. The van der Waals surface area contributed by atoms with Gasteiger partial charge in [-0.1, -0.05) is 6.07 Å². The number of anilines is 1. The average molecular weight is 287 g/mol. The Labute approximate surface area is 124 Å². The molecule has 0 aliphatic carbocycles. The molecule has 1 aliphatic heterocycles. The number of aromatic nitrogens is 2. The van der Waals surface area contributed by atoms with Gasteiger partial charge in [-0.3, -0.25) is 0 Å². The van der Waals surface area contributed by atoms with Gasteiger partial charge in [-0.2, -0.15) is 0 Å². The van der Waals surface area contributed by atoms with Crippen molar-refractivity contribution >= 4 is 5.69 Å². The van der Waals surface area contributed by atoms with Crippen LogP contribution in [0.25, 0.3) is 11.5 Å². The van der Waals surface area contributed by atoms with Crippen molar-refractivity contribution in [1.82, 2.24) is 10.2 Å². The Hall–Kier alpha value is -1.88. The van der Waals surface area contributed by atoms with E-state index in [1.54, 1.807) is 0 Å². The summed E-state index contributed by atoms with van der Waals surface area (Å²) in [5.74, 6) is 0.547. The Balaban J connectivity index is 1.80. The van der Waals surface area contributed by atoms with Gasteiger partial charge in [0.15, 0.2) is 0 Å². The van der Waals surface area contributed by atoms with E-state index >= 15 is 0 Å². The molecule has 0 radical (unpaired) electrons. The molecule has 112 valence electrons. The number of ether oxygens (including phenoxy) is 1. The van der Waals surface area contributed by atoms with Crippen molar-refractivity contribution in [3.8, 4) is 11.5 Å². The van der Waals surface area contributed by atoms with Gasteiger partial charge in [-0.15, -0.1) is 10.2 Å². The first-order chi connectivity index (χ1) is 10.0. The molecule has 1 aromatic heterocycles. The first-order valence-electron chi connectivity index (χ1n) is 7.31. The van der Waals surface area contributed by atoms with Gasteiger partial charge >= 0.3 is 0 Å². The Bertz CT molecular complexity index is 608. The van der Waals surface area contributed by atoms with E-state index in [-0.39, 0.29) is 5.60 Å². The Morgan fingerprint density at radius 3 is 2.90 bits per heavy atom. The van der Waals surface area contributed by atoms with Crippen LogP contribution in [-0.2, 0) is 4.74 Å². The monoisotopic (exact) mass is 287 g/mol. The molecule has 0 amide bonds. The van der Waals surface area contributed by atoms with Crippen LogP contribution in [0.15, 0.2) is 29.0 Å². The van der Waals surface area contributed by atoms with E-state index in [9.17, 15) is 0 Å². The third-order valence-electron chi connectivity index (χ3n) is 3.90. The van der Waals surface area contributed by atoms with Crippen molar-refractivity contribution in [2.24, 2.45) is 0 Å². The smallest absolute Gasteiger partial charge is 0.247 e. The standard InChI is InChI=1S/C16H21N3O2/c1-11-4-5-12(15-19-17-10-20-15)8-14(11)18-13-6-7-21-16(2,3)9-13/h4-5,8,10,13,18H,6-7,9H2,1-3H3. The molecule has 1 atom stereocenters. The summed E-state index contributed by atoms with van der Waals surface area (Å²) < 4.78 is 11.0. The predicted octanol–water partition coefficient (Wildman–Crippen LogP) is 3.41. The zero-order valence-corrected chi connectivity index (χ0v) is 12.7. The predicted molar refractivity (Wildman–Crippen MR) is 81.1 cm³/mol. The van der Waals surface area contributed by atoms with Gasteiger partial charge in [0.2, 0.25) is 12.3 Å². The number of hydrogen-bond acceptors (Lipinski definition) is 5. The number of benzene rings is 1. The van der Waals surface area contributed by atoms with Crippen LogP contribution >= 0.6 is 0 Å². The fourth-order valence-corrected chi connectivity index (χ4v) is 2.78. The van der Waals surface area contributed by atoms with Crippen LogP contribution in [0.5, 0.6) is 0 Å². The van der Waals surface area contributed by atoms with Gasteiger partial charge in [0.05, 0.1) is 5.60 Å². The van der Waals surface area contributed by atoms with Crippen LogP contribution in [0.1, 0.15) is 32.3 Å². The molecule has 2 aromatic rings. The minimum absolute atomic E-state index is 0.0616. The normalized spacial score (nSPS) is 21.2. The van der Waals surface area contributed by atoms with Crippen LogP contribution in [0.4, 0.5) is 5.69 Å². The molecule has 0 spiro atoms.